The van der Waals surface area contributed by atoms with E-state index in [1.165, 1.54) is 11.1 Å². The Morgan fingerprint density at radius 1 is 1.11 bits per heavy atom. The third-order valence-electron chi connectivity index (χ3n) is 3.64. The SMILES string of the molecule is CCCCC(N=C(N)N)c1ccc(C(C)CC)cc1. The molecule has 0 radical (unpaired) electrons. The summed E-state index contributed by atoms with van der Waals surface area (Å²) < 4.78 is 0. The Morgan fingerprint density at radius 2 is 1.68 bits per heavy atom. The molecule has 2 atom stereocenters. The lowest BCUT2D eigenvalue weighted by Crippen LogP contribution is -2.23. The van der Waals surface area contributed by atoms with Gasteiger partial charge in [0.2, 0.25) is 0 Å². The first-order valence-electron chi connectivity index (χ1n) is 7.27. The highest BCUT2D eigenvalue weighted by atomic mass is 15.0. The van der Waals surface area contributed by atoms with E-state index in [4.69, 9.17) is 11.5 Å². The summed E-state index contributed by atoms with van der Waals surface area (Å²) in [5.41, 5.74) is 13.6. The molecule has 0 aliphatic rings. The number of nitrogens with zero attached hydrogens (tertiary/aromatic N) is 1. The van der Waals surface area contributed by atoms with Crippen LogP contribution in [-0.4, -0.2) is 5.96 Å². The van der Waals surface area contributed by atoms with Gasteiger partial charge in [0.05, 0.1) is 6.04 Å². The molecule has 0 aliphatic heterocycles. The average Bonchev–Trinajstić information content (AvgIpc) is 2.42. The molecule has 106 valence electrons. The molecule has 0 saturated heterocycles. The molecular weight excluding hydrogens is 234 g/mol. The van der Waals surface area contributed by atoms with Gasteiger partial charge in [-0.3, -0.25) is 0 Å². The van der Waals surface area contributed by atoms with Gasteiger partial charge in [-0.15, -0.1) is 0 Å². The molecule has 3 nitrogen and oxygen atoms in total. The van der Waals surface area contributed by atoms with Crippen LogP contribution in [0.25, 0.3) is 0 Å². The molecule has 1 aromatic carbocycles. The van der Waals surface area contributed by atoms with Crippen LogP contribution in [0.1, 0.15) is 69.5 Å². The second kappa shape index (κ2) is 7.82. The molecule has 0 fully saturated rings. The fourth-order valence-electron chi connectivity index (χ4n) is 2.17. The van der Waals surface area contributed by atoms with Crippen LogP contribution in [0.4, 0.5) is 0 Å². The highest BCUT2D eigenvalue weighted by Gasteiger charge is 2.11. The van der Waals surface area contributed by atoms with Crippen molar-refractivity contribution < 1.29 is 0 Å². The van der Waals surface area contributed by atoms with Crippen molar-refractivity contribution in [3.63, 3.8) is 0 Å². The molecule has 0 aliphatic carbocycles. The lowest BCUT2D eigenvalue weighted by molar-refractivity contribution is 0.604. The quantitative estimate of drug-likeness (QED) is 0.580. The van der Waals surface area contributed by atoms with Gasteiger partial charge in [0.15, 0.2) is 5.96 Å². The molecular formula is C16H27N3. The van der Waals surface area contributed by atoms with Crippen molar-refractivity contribution >= 4 is 5.96 Å². The zero-order valence-corrected chi connectivity index (χ0v) is 12.4. The van der Waals surface area contributed by atoms with E-state index in [0.717, 1.165) is 25.7 Å². The van der Waals surface area contributed by atoms with Gasteiger partial charge in [-0.1, -0.05) is 57.9 Å². The van der Waals surface area contributed by atoms with Crippen LogP contribution in [0.2, 0.25) is 0 Å². The van der Waals surface area contributed by atoms with E-state index in [2.05, 4.69) is 50.0 Å². The minimum absolute atomic E-state index is 0.0935. The predicted molar refractivity (Wildman–Crippen MR) is 83.2 cm³/mol. The van der Waals surface area contributed by atoms with E-state index in [1.54, 1.807) is 0 Å². The van der Waals surface area contributed by atoms with Gasteiger partial charge in [0, 0.05) is 0 Å². The summed E-state index contributed by atoms with van der Waals surface area (Å²) in [7, 11) is 0. The first-order chi connectivity index (χ1) is 9.08. The van der Waals surface area contributed by atoms with Gasteiger partial charge in [-0.05, 0) is 29.9 Å². The van der Waals surface area contributed by atoms with Crippen LogP contribution in [0.15, 0.2) is 29.3 Å². The summed E-state index contributed by atoms with van der Waals surface area (Å²) in [6.45, 7) is 6.64. The van der Waals surface area contributed by atoms with Gasteiger partial charge in [0.25, 0.3) is 0 Å². The van der Waals surface area contributed by atoms with Crippen LogP contribution in [0.5, 0.6) is 0 Å². The fraction of sp³-hybridized carbons (Fsp3) is 0.562. The molecule has 19 heavy (non-hydrogen) atoms. The standard InChI is InChI=1S/C16H27N3/c1-4-6-7-15(19-16(17)18)14-10-8-13(9-11-14)12(3)5-2/h8-12,15H,4-7H2,1-3H3,(H4,17,18,19). The number of unbranched alkanes of at least 4 members (excludes halogenated alkanes) is 1. The van der Waals surface area contributed by atoms with E-state index in [1.807, 2.05) is 0 Å². The van der Waals surface area contributed by atoms with Crippen molar-refractivity contribution in [1.82, 2.24) is 0 Å². The van der Waals surface area contributed by atoms with E-state index in [0.29, 0.717) is 5.92 Å². The summed E-state index contributed by atoms with van der Waals surface area (Å²) >= 11 is 0. The van der Waals surface area contributed by atoms with Crippen molar-refractivity contribution in [2.24, 2.45) is 16.5 Å². The van der Waals surface area contributed by atoms with Crippen LogP contribution >= 0.6 is 0 Å². The number of nitrogens with two attached hydrogens (primary N) is 2. The maximum Gasteiger partial charge on any atom is 0.186 e. The number of guanidine groups is 1. The fourth-order valence-corrected chi connectivity index (χ4v) is 2.17. The summed E-state index contributed by atoms with van der Waals surface area (Å²) in [5, 5.41) is 0. The van der Waals surface area contributed by atoms with Crippen molar-refractivity contribution in [2.45, 2.75) is 58.4 Å². The topological polar surface area (TPSA) is 64.4 Å². The third kappa shape index (κ3) is 4.93. The molecule has 1 rings (SSSR count). The monoisotopic (exact) mass is 261 g/mol. The molecule has 0 saturated carbocycles. The summed E-state index contributed by atoms with van der Waals surface area (Å²) in [4.78, 5) is 4.35. The van der Waals surface area contributed by atoms with E-state index in [-0.39, 0.29) is 12.0 Å². The van der Waals surface area contributed by atoms with Crippen molar-refractivity contribution in [2.75, 3.05) is 0 Å². The summed E-state index contributed by atoms with van der Waals surface area (Å²) in [6, 6.07) is 8.81. The lowest BCUT2D eigenvalue weighted by atomic mass is 9.95. The number of aliphatic imine (C=N–C) groups is 1. The molecule has 0 spiro atoms. The van der Waals surface area contributed by atoms with Crippen molar-refractivity contribution in [3.05, 3.63) is 35.4 Å². The van der Waals surface area contributed by atoms with Crippen LogP contribution in [0, 0.1) is 0 Å². The maximum absolute atomic E-state index is 5.53. The van der Waals surface area contributed by atoms with E-state index in [9.17, 15) is 0 Å². The maximum atomic E-state index is 5.53. The largest absolute Gasteiger partial charge is 0.370 e. The summed E-state index contributed by atoms with van der Waals surface area (Å²) in [6.07, 6.45) is 4.44. The summed E-state index contributed by atoms with van der Waals surface area (Å²) in [5.74, 6) is 0.776. The van der Waals surface area contributed by atoms with Gasteiger partial charge >= 0.3 is 0 Å². The van der Waals surface area contributed by atoms with Gasteiger partial charge in [-0.25, -0.2) is 4.99 Å². The van der Waals surface area contributed by atoms with E-state index >= 15 is 0 Å². The number of benzene rings is 1. The first-order valence-corrected chi connectivity index (χ1v) is 7.27. The highest BCUT2D eigenvalue weighted by Crippen LogP contribution is 2.26. The van der Waals surface area contributed by atoms with Crippen LogP contribution < -0.4 is 11.5 Å². The second-order valence-electron chi connectivity index (χ2n) is 5.19. The van der Waals surface area contributed by atoms with E-state index < -0.39 is 0 Å². The molecule has 2 unspecified atom stereocenters. The third-order valence-corrected chi connectivity index (χ3v) is 3.64. The van der Waals surface area contributed by atoms with Crippen molar-refractivity contribution in [3.8, 4) is 0 Å². The molecule has 0 amide bonds. The highest BCUT2D eigenvalue weighted by molar-refractivity contribution is 5.76. The Hall–Kier alpha value is -1.51. The van der Waals surface area contributed by atoms with Crippen molar-refractivity contribution in [1.29, 1.82) is 0 Å². The van der Waals surface area contributed by atoms with Crippen LogP contribution in [0.3, 0.4) is 0 Å². The number of rotatable bonds is 7. The Labute approximate surface area is 117 Å². The molecule has 0 bridgehead atoms. The zero-order chi connectivity index (χ0) is 14.3. The van der Waals surface area contributed by atoms with Gasteiger partial charge in [-0.2, -0.15) is 0 Å². The normalized spacial score (nSPS) is 13.8. The Morgan fingerprint density at radius 3 is 2.16 bits per heavy atom. The average molecular weight is 261 g/mol. The molecule has 3 heteroatoms. The zero-order valence-electron chi connectivity index (χ0n) is 12.4. The molecule has 0 heterocycles. The molecule has 1 aromatic rings. The minimum atomic E-state index is 0.0935. The Bertz CT molecular complexity index is 391. The smallest absolute Gasteiger partial charge is 0.186 e. The Balaban J connectivity index is 2.87. The predicted octanol–water partition coefficient (Wildman–Crippen LogP) is 3.70. The molecule has 0 aromatic heterocycles. The first kappa shape index (κ1) is 15.5. The van der Waals surface area contributed by atoms with Crippen LogP contribution in [-0.2, 0) is 0 Å². The van der Waals surface area contributed by atoms with Gasteiger partial charge < -0.3 is 11.5 Å². The van der Waals surface area contributed by atoms with Gasteiger partial charge in [0.1, 0.15) is 0 Å². The minimum Gasteiger partial charge on any atom is -0.370 e. The molecule has 4 N–H and O–H groups in total. The second-order valence-corrected chi connectivity index (χ2v) is 5.19. The Kier molecular flexibility index (Phi) is 6.40. The lowest BCUT2D eigenvalue weighted by Gasteiger charge is -2.15. The number of hydrogen-bond donors (Lipinski definition) is 2. The number of hydrogen-bond acceptors (Lipinski definition) is 1.